The Labute approximate surface area is 181 Å². The van der Waals surface area contributed by atoms with Crippen molar-refractivity contribution in [3.8, 4) is 5.75 Å². The lowest BCUT2D eigenvalue weighted by Crippen LogP contribution is -2.36. The van der Waals surface area contributed by atoms with Gasteiger partial charge in [0.05, 0.1) is 17.2 Å². The zero-order valence-corrected chi connectivity index (χ0v) is 18.7. The van der Waals surface area contributed by atoms with Gasteiger partial charge in [0.25, 0.3) is 5.91 Å². The van der Waals surface area contributed by atoms with E-state index in [1.54, 1.807) is 11.0 Å². The Morgan fingerprint density at radius 1 is 1.21 bits per heavy atom. The van der Waals surface area contributed by atoms with Gasteiger partial charge in [-0.05, 0) is 75.4 Å². The molecule has 1 aliphatic heterocycles. The molecular weight excluding hydrogens is 404 g/mol. The summed E-state index contributed by atoms with van der Waals surface area (Å²) in [4.78, 5) is 20.3. The minimum atomic E-state index is -0.0439. The lowest BCUT2D eigenvalue weighted by Gasteiger charge is -2.22. The summed E-state index contributed by atoms with van der Waals surface area (Å²) in [6, 6.07) is 13.5. The molecule has 0 N–H and O–H groups in total. The molecule has 0 aliphatic carbocycles. The molecule has 0 unspecified atom stereocenters. The lowest BCUT2D eigenvalue weighted by atomic mass is 10.1. The SMILES string of the molecule is CCOc1ccc(Cl)cc1/C=C1/SC(=Nc2ccc(C)cc2)N([C@@H](C)CC)C1=O. The van der Waals surface area contributed by atoms with Crippen LogP contribution in [0.3, 0.4) is 0 Å². The van der Waals surface area contributed by atoms with E-state index in [0.29, 0.717) is 27.5 Å². The largest absolute Gasteiger partial charge is 0.493 e. The van der Waals surface area contributed by atoms with E-state index in [0.717, 1.165) is 17.7 Å². The average molecular weight is 429 g/mol. The van der Waals surface area contributed by atoms with Crippen molar-refractivity contribution >= 4 is 46.2 Å². The number of halogens is 1. The van der Waals surface area contributed by atoms with Gasteiger partial charge in [-0.25, -0.2) is 4.99 Å². The molecule has 1 fully saturated rings. The average Bonchev–Trinajstić information content (AvgIpc) is 3.00. The molecule has 0 bridgehead atoms. The Morgan fingerprint density at radius 2 is 1.93 bits per heavy atom. The van der Waals surface area contributed by atoms with E-state index in [4.69, 9.17) is 21.3 Å². The first kappa shape index (κ1) is 21.5. The van der Waals surface area contributed by atoms with E-state index >= 15 is 0 Å². The molecule has 2 aromatic rings. The van der Waals surface area contributed by atoms with Crippen molar-refractivity contribution in [2.45, 2.75) is 40.2 Å². The van der Waals surface area contributed by atoms with E-state index in [9.17, 15) is 4.79 Å². The van der Waals surface area contributed by atoms with Gasteiger partial charge in [0, 0.05) is 16.6 Å². The van der Waals surface area contributed by atoms with Crippen molar-refractivity contribution in [1.29, 1.82) is 0 Å². The number of aliphatic imine (C=N–C) groups is 1. The van der Waals surface area contributed by atoms with Gasteiger partial charge in [-0.15, -0.1) is 0 Å². The predicted octanol–water partition coefficient (Wildman–Crippen LogP) is 6.45. The molecule has 0 spiro atoms. The fourth-order valence-electron chi connectivity index (χ4n) is 2.93. The number of thioether (sulfide) groups is 1. The summed E-state index contributed by atoms with van der Waals surface area (Å²) >= 11 is 7.56. The summed E-state index contributed by atoms with van der Waals surface area (Å²) in [6.45, 7) is 8.61. The number of carbonyl (C=O) groups excluding carboxylic acids is 1. The van der Waals surface area contributed by atoms with Gasteiger partial charge in [-0.1, -0.05) is 36.2 Å². The summed E-state index contributed by atoms with van der Waals surface area (Å²) in [5.41, 5.74) is 2.79. The van der Waals surface area contributed by atoms with E-state index in [1.807, 2.05) is 63.2 Å². The quantitative estimate of drug-likeness (QED) is 0.496. The van der Waals surface area contributed by atoms with Crippen LogP contribution in [-0.2, 0) is 4.79 Å². The van der Waals surface area contributed by atoms with E-state index in [1.165, 1.54) is 17.3 Å². The van der Waals surface area contributed by atoms with E-state index in [2.05, 4.69) is 6.92 Å². The molecule has 1 heterocycles. The van der Waals surface area contributed by atoms with Gasteiger partial charge < -0.3 is 4.74 Å². The summed E-state index contributed by atoms with van der Waals surface area (Å²) < 4.78 is 5.70. The van der Waals surface area contributed by atoms with Crippen LogP contribution in [0.2, 0.25) is 5.02 Å². The molecule has 0 radical (unpaired) electrons. The van der Waals surface area contributed by atoms with Crippen molar-refractivity contribution in [2.24, 2.45) is 4.99 Å². The third-order valence-corrected chi connectivity index (χ3v) is 5.90. The van der Waals surface area contributed by atoms with Crippen LogP contribution in [0.15, 0.2) is 52.4 Å². The highest BCUT2D eigenvalue weighted by atomic mass is 35.5. The van der Waals surface area contributed by atoms with E-state index in [-0.39, 0.29) is 11.9 Å². The minimum Gasteiger partial charge on any atom is -0.493 e. The first-order valence-corrected chi connectivity index (χ1v) is 10.9. The van der Waals surface area contributed by atoms with Crippen LogP contribution in [0.25, 0.3) is 6.08 Å². The molecule has 1 atom stereocenters. The second kappa shape index (κ2) is 9.51. The van der Waals surface area contributed by atoms with Gasteiger partial charge in [0.15, 0.2) is 5.17 Å². The Bertz CT molecular complexity index is 954. The number of rotatable bonds is 6. The number of amides is 1. The van der Waals surface area contributed by atoms with Crippen LogP contribution in [0, 0.1) is 6.92 Å². The summed E-state index contributed by atoms with van der Waals surface area (Å²) in [7, 11) is 0. The summed E-state index contributed by atoms with van der Waals surface area (Å²) in [6.07, 6.45) is 2.69. The maximum atomic E-state index is 13.2. The third-order valence-electron chi connectivity index (χ3n) is 4.69. The highest BCUT2D eigenvalue weighted by Gasteiger charge is 2.36. The fraction of sp³-hybridized carbons (Fsp3) is 0.304. The smallest absolute Gasteiger partial charge is 0.267 e. The summed E-state index contributed by atoms with van der Waals surface area (Å²) in [5, 5.41) is 1.29. The van der Waals surface area contributed by atoms with Gasteiger partial charge in [0.1, 0.15) is 5.75 Å². The highest BCUT2D eigenvalue weighted by molar-refractivity contribution is 8.18. The van der Waals surface area contributed by atoms with Crippen LogP contribution in [0.1, 0.15) is 38.3 Å². The number of hydrogen-bond acceptors (Lipinski definition) is 4. The minimum absolute atomic E-state index is 0.0439. The first-order valence-electron chi connectivity index (χ1n) is 9.73. The zero-order valence-electron chi connectivity index (χ0n) is 17.1. The maximum absolute atomic E-state index is 13.2. The second-order valence-electron chi connectivity index (χ2n) is 6.89. The number of nitrogens with zero attached hydrogens (tertiary/aromatic N) is 2. The topological polar surface area (TPSA) is 41.9 Å². The van der Waals surface area contributed by atoms with Crippen molar-refractivity contribution in [1.82, 2.24) is 4.90 Å². The molecule has 29 heavy (non-hydrogen) atoms. The van der Waals surface area contributed by atoms with Crippen LogP contribution in [-0.4, -0.2) is 28.6 Å². The molecule has 2 aromatic carbocycles. The van der Waals surface area contributed by atoms with Crippen molar-refractivity contribution < 1.29 is 9.53 Å². The van der Waals surface area contributed by atoms with Crippen molar-refractivity contribution in [3.63, 3.8) is 0 Å². The fourth-order valence-corrected chi connectivity index (χ4v) is 4.19. The normalized spacial score (nSPS) is 18.0. The molecule has 0 saturated carbocycles. The standard InChI is InChI=1S/C23H25ClN2O2S/c1-5-16(4)26-22(27)21(14-17-13-18(24)9-12-20(17)28-6-2)29-23(26)25-19-10-7-15(3)8-11-19/h7-14,16H,5-6H2,1-4H3/b21-14+,25-23?/t16-/m0/s1. The molecule has 1 aliphatic rings. The third kappa shape index (κ3) is 5.03. The van der Waals surface area contributed by atoms with Gasteiger partial charge in [0.2, 0.25) is 0 Å². The predicted molar refractivity (Wildman–Crippen MR) is 123 cm³/mol. The second-order valence-corrected chi connectivity index (χ2v) is 8.33. The molecule has 3 rings (SSSR count). The number of carbonyl (C=O) groups is 1. The Balaban J connectivity index is 2.01. The first-order chi connectivity index (χ1) is 13.9. The summed E-state index contributed by atoms with van der Waals surface area (Å²) in [5.74, 6) is 0.662. The molecule has 152 valence electrons. The van der Waals surface area contributed by atoms with E-state index < -0.39 is 0 Å². The Hall–Kier alpha value is -2.24. The number of hydrogen-bond donors (Lipinski definition) is 0. The maximum Gasteiger partial charge on any atom is 0.267 e. The van der Waals surface area contributed by atoms with Gasteiger partial charge in [-0.3, -0.25) is 9.69 Å². The number of ether oxygens (including phenoxy) is 1. The number of benzene rings is 2. The monoisotopic (exact) mass is 428 g/mol. The number of amidine groups is 1. The van der Waals surface area contributed by atoms with Crippen LogP contribution in [0.4, 0.5) is 5.69 Å². The van der Waals surface area contributed by atoms with Crippen LogP contribution in [0.5, 0.6) is 5.75 Å². The van der Waals surface area contributed by atoms with Gasteiger partial charge in [-0.2, -0.15) is 0 Å². The zero-order chi connectivity index (χ0) is 21.0. The molecule has 0 aromatic heterocycles. The molecular formula is C23H25ClN2O2S. The molecule has 1 amide bonds. The van der Waals surface area contributed by atoms with Crippen LogP contribution < -0.4 is 4.74 Å². The van der Waals surface area contributed by atoms with Crippen LogP contribution >= 0.6 is 23.4 Å². The van der Waals surface area contributed by atoms with Crippen molar-refractivity contribution in [3.05, 3.63) is 63.5 Å². The molecule has 1 saturated heterocycles. The van der Waals surface area contributed by atoms with Gasteiger partial charge >= 0.3 is 0 Å². The highest BCUT2D eigenvalue weighted by Crippen LogP contribution is 2.37. The lowest BCUT2D eigenvalue weighted by molar-refractivity contribution is -0.123. The molecule has 4 nitrogen and oxygen atoms in total. The van der Waals surface area contributed by atoms with Crippen molar-refractivity contribution in [2.75, 3.05) is 6.61 Å². The Morgan fingerprint density at radius 3 is 2.59 bits per heavy atom. The number of aryl methyl sites for hydroxylation is 1. The Kier molecular flexibility index (Phi) is 7.04. The molecule has 6 heteroatoms.